The van der Waals surface area contributed by atoms with Gasteiger partial charge in [0, 0.05) is 20.1 Å². The van der Waals surface area contributed by atoms with Gasteiger partial charge in [0.25, 0.3) is 0 Å². The van der Waals surface area contributed by atoms with E-state index in [2.05, 4.69) is 22.3 Å². The minimum Gasteiger partial charge on any atom is -0.497 e. The maximum Gasteiger partial charge on any atom is 0.242 e. The molecule has 180 valence electrons. The van der Waals surface area contributed by atoms with Crippen molar-refractivity contribution < 1.29 is 22.7 Å². The van der Waals surface area contributed by atoms with Gasteiger partial charge < -0.3 is 14.8 Å². The molecular formula is C24H33N3O5S. The molecule has 1 amide bonds. The maximum absolute atomic E-state index is 13.0. The Bertz CT molecular complexity index is 1050. The number of hydrogen-bond acceptors (Lipinski definition) is 6. The zero-order chi connectivity index (χ0) is 24.0. The summed E-state index contributed by atoms with van der Waals surface area (Å²) in [5, 5.41) is 2.86. The van der Waals surface area contributed by atoms with Gasteiger partial charge in [0.2, 0.25) is 15.9 Å². The largest absolute Gasteiger partial charge is 0.497 e. The number of nitrogens with one attached hydrogen (secondary N) is 1. The second kappa shape index (κ2) is 11.0. The predicted octanol–water partition coefficient (Wildman–Crippen LogP) is 3.51. The number of hydrogen-bond donors (Lipinski definition) is 1. The summed E-state index contributed by atoms with van der Waals surface area (Å²) < 4.78 is 36.8. The summed E-state index contributed by atoms with van der Waals surface area (Å²) in [5.41, 5.74) is 1.49. The van der Waals surface area contributed by atoms with Gasteiger partial charge in [-0.15, -0.1) is 0 Å². The second-order valence-corrected chi connectivity index (χ2v) is 10.5. The molecule has 1 fully saturated rings. The third-order valence-corrected chi connectivity index (χ3v) is 7.75. The van der Waals surface area contributed by atoms with Crippen LogP contribution < -0.4 is 14.8 Å². The van der Waals surface area contributed by atoms with Crippen molar-refractivity contribution in [2.45, 2.75) is 36.6 Å². The van der Waals surface area contributed by atoms with Gasteiger partial charge in [0.05, 0.1) is 31.3 Å². The van der Waals surface area contributed by atoms with Crippen LogP contribution in [-0.4, -0.2) is 64.9 Å². The van der Waals surface area contributed by atoms with Crippen LogP contribution in [0.2, 0.25) is 0 Å². The van der Waals surface area contributed by atoms with E-state index in [-0.39, 0.29) is 23.4 Å². The van der Waals surface area contributed by atoms with Gasteiger partial charge in [-0.1, -0.05) is 25.0 Å². The lowest BCUT2D eigenvalue weighted by molar-refractivity contribution is -0.117. The summed E-state index contributed by atoms with van der Waals surface area (Å²) in [4.78, 5) is 15.3. The summed E-state index contributed by atoms with van der Waals surface area (Å²) in [6, 6.07) is 12.6. The Morgan fingerprint density at radius 1 is 1.06 bits per heavy atom. The lowest BCUT2D eigenvalue weighted by Gasteiger charge is -2.30. The molecule has 0 saturated carbocycles. The van der Waals surface area contributed by atoms with E-state index in [0.29, 0.717) is 11.4 Å². The summed E-state index contributed by atoms with van der Waals surface area (Å²) in [5.74, 6) is 0.994. The van der Waals surface area contributed by atoms with Crippen molar-refractivity contribution in [3.8, 4) is 11.5 Å². The third kappa shape index (κ3) is 6.04. The SMILES string of the molecule is COc1ccc(C2CCCCCN2CC(=O)Nc2cc(S(=O)(=O)N(C)C)ccc2OC)cc1. The molecule has 1 heterocycles. The molecule has 0 aliphatic carbocycles. The van der Waals surface area contributed by atoms with E-state index in [1.807, 2.05) is 12.1 Å². The van der Waals surface area contributed by atoms with Crippen LogP contribution >= 0.6 is 0 Å². The maximum atomic E-state index is 13.0. The van der Waals surface area contributed by atoms with E-state index < -0.39 is 10.0 Å². The molecule has 1 saturated heterocycles. The van der Waals surface area contributed by atoms with Crippen molar-refractivity contribution in [3.05, 3.63) is 48.0 Å². The number of likely N-dealkylation sites (tertiary alicyclic amines) is 1. The zero-order valence-corrected chi connectivity index (χ0v) is 20.5. The van der Waals surface area contributed by atoms with E-state index in [1.165, 1.54) is 33.3 Å². The molecular weight excluding hydrogens is 442 g/mol. The molecule has 2 aromatic carbocycles. The quantitative estimate of drug-likeness (QED) is 0.629. The molecule has 1 aliphatic heterocycles. The monoisotopic (exact) mass is 475 g/mol. The Labute approximate surface area is 196 Å². The summed E-state index contributed by atoms with van der Waals surface area (Å²) in [6.07, 6.45) is 4.23. The van der Waals surface area contributed by atoms with E-state index in [9.17, 15) is 13.2 Å². The number of methoxy groups -OCH3 is 2. The van der Waals surface area contributed by atoms with Crippen LogP contribution in [0.1, 0.15) is 37.3 Å². The van der Waals surface area contributed by atoms with Crippen LogP contribution in [0.4, 0.5) is 5.69 Å². The van der Waals surface area contributed by atoms with Gasteiger partial charge in [-0.25, -0.2) is 12.7 Å². The van der Waals surface area contributed by atoms with Gasteiger partial charge in [-0.2, -0.15) is 0 Å². The van der Waals surface area contributed by atoms with Gasteiger partial charge in [-0.3, -0.25) is 9.69 Å². The Morgan fingerprint density at radius 3 is 2.42 bits per heavy atom. The number of carbonyl (C=O) groups excluding carboxylic acids is 1. The first kappa shape index (κ1) is 25.0. The van der Waals surface area contributed by atoms with Crippen molar-refractivity contribution in [1.29, 1.82) is 0 Å². The number of amides is 1. The molecule has 0 radical (unpaired) electrons. The lowest BCUT2D eigenvalue weighted by Crippen LogP contribution is -2.36. The predicted molar refractivity (Wildman–Crippen MR) is 128 cm³/mol. The number of ether oxygens (including phenoxy) is 2. The Balaban J connectivity index is 1.80. The number of benzene rings is 2. The molecule has 1 atom stereocenters. The highest BCUT2D eigenvalue weighted by molar-refractivity contribution is 7.89. The fraction of sp³-hybridized carbons (Fsp3) is 0.458. The Hall–Kier alpha value is -2.62. The topological polar surface area (TPSA) is 88.2 Å². The first-order valence-electron chi connectivity index (χ1n) is 11.0. The molecule has 0 aromatic heterocycles. The Morgan fingerprint density at radius 2 is 1.79 bits per heavy atom. The average molecular weight is 476 g/mol. The minimum absolute atomic E-state index is 0.0921. The third-order valence-electron chi connectivity index (χ3n) is 5.93. The van der Waals surface area contributed by atoms with E-state index in [1.54, 1.807) is 13.2 Å². The smallest absolute Gasteiger partial charge is 0.242 e. The van der Waals surface area contributed by atoms with Crippen LogP contribution in [-0.2, 0) is 14.8 Å². The van der Waals surface area contributed by atoms with Gasteiger partial charge in [0.1, 0.15) is 11.5 Å². The standard InChI is InChI=1S/C24H33N3O5S/c1-26(2)33(29,30)20-13-14-23(32-4)21(16-20)25-24(28)17-27-15-7-5-6-8-22(27)18-9-11-19(31-3)12-10-18/h9-14,16,22H,5-8,15,17H2,1-4H3,(H,25,28). The normalized spacial score (nSPS) is 17.4. The fourth-order valence-electron chi connectivity index (χ4n) is 4.09. The number of sulfonamides is 1. The highest BCUT2D eigenvalue weighted by Crippen LogP contribution is 2.32. The number of nitrogens with zero attached hydrogens (tertiary/aromatic N) is 2. The Kier molecular flexibility index (Phi) is 8.34. The number of anilines is 1. The van der Waals surface area contributed by atoms with Crippen molar-refractivity contribution in [2.24, 2.45) is 0 Å². The second-order valence-electron chi connectivity index (χ2n) is 8.31. The van der Waals surface area contributed by atoms with Crippen LogP contribution in [0.25, 0.3) is 0 Å². The fourth-order valence-corrected chi connectivity index (χ4v) is 5.02. The van der Waals surface area contributed by atoms with Gasteiger partial charge in [0.15, 0.2) is 0 Å². The van der Waals surface area contributed by atoms with Gasteiger partial charge in [-0.05, 0) is 55.3 Å². The van der Waals surface area contributed by atoms with Crippen molar-refractivity contribution in [3.63, 3.8) is 0 Å². The summed E-state index contributed by atoms with van der Waals surface area (Å²) >= 11 is 0. The first-order chi connectivity index (χ1) is 15.8. The number of rotatable bonds is 8. The van der Waals surface area contributed by atoms with Crippen molar-refractivity contribution >= 4 is 21.6 Å². The van der Waals surface area contributed by atoms with Crippen LogP contribution in [0.15, 0.2) is 47.4 Å². The molecule has 9 heteroatoms. The zero-order valence-electron chi connectivity index (χ0n) is 19.7. The minimum atomic E-state index is -3.64. The van der Waals surface area contributed by atoms with Crippen LogP contribution in [0.3, 0.4) is 0 Å². The van der Waals surface area contributed by atoms with Crippen LogP contribution in [0.5, 0.6) is 11.5 Å². The van der Waals surface area contributed by atoms with Gasteiger partial charge >= 0.3 is 0 Å². The highest BCUT2D eigenvalue weighted by Gasteiger charge is 2.25. The molecule has 8 nitrogen and oxygen atoms in total. The summed E-state index contributed by atoms with van der Waals surface area (Å²) in [7, 11) is 2.43. The molecule has 1 aliphatic rings. The first-order valence-corrected chi connectivity index (χ1v) is 12.5. The molecule has 3 rings (SSSR count). The lowest BCUT2D eigenvalue weighted by atomic mass is 10.0. The highest BCUT2D eigenvalue weighted by atomic mass is 32.2. The molecule has 2 aromatic rings. The van der Waals surface area contributed by atoms with Crippen molar-refractivity contribution in [1.82, 2.24) is 9.21 Å². The van der Waals surface area contributed by atoms with E-state index >= 15 is 0 Å². The van der Waals surface area contributed by atoms with Crippen LogP contribution in [0, 0.1) is 0 Å². The molecule has 1 unspecified atom stereocenters. The molecule has 0 bridgehead atoms. The number of carbonyl (C=O) groups is 1. The van der Waals surface area contributed by atoms with E-state index in [4.69, 9.17) is 9.47 Å². The molecule has 1 N–H and O–H groups in total. The average Bonchev–Trinajstić information content (AvgIpc) is 3.04. The van der Waals surface area contributed by atoms with E-state index in [0.717, 1.165) is 47.8 Å². The summed E-state index contributed by atoms with van der Waals surface area (Å²) in [6.45, 7) is 1.01. The molecule has 33 heavy (non-hydrogen) atoms. The molecule has 0 spiro atoms. The van der Waals surface area contributed by atoms with Crippen molar-refractivity contribution in [2.75, 3.05) is 46.7 Å².